The monoisotopic (exact) mass is 737 g/mol. The molecule has 14 heteroatoms. The minimum Gasteiger partial charge on any atom is -0.491 e. The summed E-state index contributed by atoms with van der Waals surface area (Å²) in [7, 11) is -0.898. The Bertz CT molecular complexity index is 1500. The smallest absolute Gasteiger partial charge is 0.438 e. The predicted molar refractivity (Wildman–Crippen MR) is 190 cm³/mol. The third-order valence-electron chi connectivity index (χ3n) is 8.96. The van der Waals surface area contributed by atoms with Crippen LogP contribution in [-0.2, 0) is 36.4 Å². The van der Waals surface area contributed by atoms with Gasteiger partial charge in [0.15, 0.2) is 11.0 Å². The van der Waals surface area contributed by atoms with Crippen LogP contribution in [-0.4, -0.2) is 91.3 Å². The Morgan fingerprint density at radius 3 is 2.64 bits per heavy atom. The summed E-state index contributed by atoms with van der Waals surface area (Å²) in [6, 6.07) is 10.8. The topological polar surface area (TPSA) is 127 Å². The number of ether oxygens (including phenoxy) is 4. The second kappa shape index (κ2) is 18.8. The molecule has 11 nitrogen and oxygen atoms in total. The van der Waals surface area contributed by atoms with E-state index in [1.54, 1.807) is 44.2 Å². The number of carbonyl (C=O) groups is 2. The van der Waals surface area contributed by atoms with Crippen molar-refractivity contribution in [1.29, 1.82) is 0 Å². The molecule has 2 aromatic carbocycles. The van der Waals surface area contributed by atoms with Gasteiger partial charge in [0.1, 0.15) is 17.5 Å². The van der Waals surface area contributed by atoms with Crippen molar-refractivity contribution in [3.63, 3.8) is 0 Å². The van der Waals surface area contributed by atoms with E-state index < -0.39 is 34.7 Å². The zero-order valence-corrected chi connectivity index (χ0v) is 30.8. The normalized spacial score (nSPS) is 24.5. The number of aliphatic hydroxyl groups excluding tert-OH is 1. The van der Waals surface area contributed by atoms with Crippen molar-refractivity contribution in [2.45, 2.75) is 75.4 Å². The van der Waals surface area contributed by atoms with Crippen LogP contribution in [0, 0.1) is 5.92 Å². The summed E-state index contributed by atoms with van der Waals surface area (Å²) >= 11 is 6.29. The van der Waals surface area contributed by atoms with Crippen molar-refractivity contribution in [1.82, 2.24) is 9.84 Å². The average molecular weight is 738 g/mol. The first-order valence-electron chi connectivity index (χ1n) is 17.1. The van der Waals surface area contributed by atoms with E-state index in [0.717, 1.165) is 31.4 Å². The number of rotatable bonds is 5. The number of fused-ring (bicyclic) bond motifs is 1. The van der Waals surface area contributed by atoms with E-state index in [2.05, 4.69) is 9.62 Å². The molecule has 0 spiro atoms. The zero-order chi connectivity index (χ0) is 36.3. The molecule has 4 unspecified atom stereocenters. The van der Waals surface area contributed by atoms with Crippen LogP contribution in [0.4, 0.5) is 15.0 Å². The van der Waals surface area contributed by atoms with Crippen molar-refractivity contribution >= 4 is 40.3 Å². The highest BCUT2D eigenvalue weighted by atomic mass is 35.5. The Hall–Kier alpha value is -3.23. The van der Waals surface area contributed by atoms with Gasteiger partial charge in [-0.05, 0) is 93.5 Å². The molecule has 5 rings (SSSR count). The summed E-state index contributed by atoms with van der Waals surface area (Å²) in [5, 5.41) is 10.2. The SMILES string of the molecule is C1CCOC1.CCC1CCN2CC(c3ccc(Cl)cc3CCO)COc3ccc(cc32)S(=O)NC(=O)C(C)(C)OC/C=C/C1OC(=O)N(C)F. The van der Waals surface area contributed by atoms with Crippen molar-refractivity contribution in [3.8, 4) is 5.75 Å². The number of carbonyl (C=O) groups excluding carboxylic acids is 2. The number of anilines is 1. The van der Waals surface area contributed by atoms with Gasteiger partial charge in [-0.1, -0.05) is 35.1 Å². The van der Waals surface area contributed by atoms with E-state index in [1.807, 2.05) is 25.1 Å². The van der Waals surface area contributed by atoms with Crippen molar-refractivity contribution in [2.75, 3.05) is 58.1 Å². The number of nitrogens with zero attached hydrogens (tertiary/aromatic N) is 2. The van der Waals surface area contributed by atoms with Gasteiger partial charge in [0, 0.05) is 56.8 Å². The summed E-state index contributed by atoms with van der Waals surface area (Å²) in [6.07, 6.45) is 5.58. The van der Waals surface area contributed by atoms with Crippen LogP contribution in [0.15, 0.2) is 53.4 Å². The van der Waals surface area contributed by atoms with Gasteiger partial charge >= 0.3 is 6.09 Å². The highest BCUT2D eigenvalue weighted by molar-refractivity contribution is 7.83. The minimum absolute atomic E-state index is 0.00422. The van der Waals surface area contributed by atoms with Crippen LogP contribution in [0.25, 0.3) is 0 Å². The van der Waals surface area contributed by atoms with Crippen LogP contribution in [0.5, 0.6) is 5.75 Å². The second-order valence-corrected chi connectivity index (χ2v) is 14.6. The van der Waals surface area contributed by atoms with Crippen molar-refractivity contribution in [3.05, 3.63) is 64.7 Å². The first-order chi connectivity index (χ1) is 23.9. The molecule has 3 aliphatic heterocycles. The first-order valence-corrected chi connectivity index (χ1v) is 18.6. The van der Waals surface area contributed by atoms with Crippen LogP contribution < -0.4 is 14.4 Å². The summed E-state index contributed by atoms with van der Waals surface area (Å²) in [5.41, 5.74) is 1.29. The molecule has 0 saturated carbocycles. The number of halogens is 2. The van der Waals surface area contributed by atoms with E-state index in [9.17, 15) is 23.4 Å². The van der Waals surface area contributed by atoms with E-state index in [0.29, 0.717) is 60.3 Å². The molecule has 1 saturated heterocycles. The van der Waals surface area contributed by atoms with Gasteiger partial charge in [-0.15, -0.1) is 5.12 Å². The van der Waals surface area contributed by atoms with E-state index in [-0.39, 0.29) is 30.2 Å². The molecular weight excluding hydrogens is 689 g/mol. The first kappa shape index (κ1) is 39.6. The van der Waals surface area contributed by atoms with Gasteiger partial charge in [-0.3, -0.25) is 9.52 Å². The van der Waals surface area contributed by atoms with Crippen LogP contribution >= 0.6 is 11.6 Å². The maximum absolute atomic E-state index is 13.7. The summed E-state index contributed by atoms with van der Waals surface area (Å²) in [6.45, 7) is 8.42. The van der Waals surface area contributed by atoms with E-state index in [4.69, 9.17) is 30.5 Å². The summed E-state index contributed by atoms with van der Waals surface area (Å²) in [5.74, 6) is -0.292. The molecule has 2 aromatic rings. The Kier molecular flexibility index (Phi) is 14.9. The molecule has 0 aliphatic carbocycles. The molecule has 2 amide bonds. The highest BCUT2D eigenvalue weighted by Crippen LogP contribution is 2.38. The maximum atomic E-state index is 13.7. The molecular formula is C36H49ClFN3O8S. The van der Waals surface area contributed by atoms with Gasteiger partial charge in [0.2, 0.25) is 0 Å². The fourth-order valence-electron chi connectivity index (χ4n) is 5.99. The van der Waals surface area contributed by atoms with Crippen molar-refractivity contribution in [2.24, 2.45) is 5.92 Å². The Labute approximate surface area is 301 Å². The Balaban J connectivity index is 0.00000103. The lowest BCUT2D eigenvalue weighted by Crippen LogP contribution is -2.45. The average Bonchev–Trinajstić information content (AvgIpc) is 3.63. The van der Waals surface area contributed by atoms with Gasteiger partial charge in [-0.25, -0.2) is 9.00 Å². The zero-order valence-electron chi connectivity index (χ0n) is 29.2. The summed E-state index contributed by atoms with van der Waals surface area (Å²) in [4.78, 5) is 27.9. The van der Waals surface area contributed by atoms with Crippen LogP contribution in [0.1, 0.15) is 63.5 Å². The van der Waals surface area contributed by atoms with Crippen LogP contribution in [0.3, 0.4) is 0 Å². The molecule has 4 atom stereocenters. The lowest BCUT2D eigenvalue weighted by Gasteiger charge is -2.31. The standard InChI is InChI=1S/C32H41ClFN3O7S.C4H8O/c1-5-21-12-14-37-19-23(26-10-8-24(33)17-22(26)13-15-38)20-42-29-11-9-25(18-27(29)37)45(41)35-30(39)32(2,3)43-16-6-7-28(21)44-31(40)36(4)34;1-2-4-5-3-1/h6-11,17-18,21,23,28,38H,5,12-16,19-20H2,1-4H3,(H,35,39);1-4H2/b7-6+;. The quantitative estimate of drug-likeness (QED) is 0.285. The maximum Gasteiger partial charge on any atom is 0.438 e. The molecule has 2 N–H and O–H groups in total. The minimum atomic E-state index is -1.88. The molecule has 0 radical (unpaired) electrons. The third-order valence-corrected chi connectivity index (χ3v) is 10.3. The fourth-order valence-corrected chi connectivity index (χ4v) is 7.13. The van der Waals surface area contributed by atoms with E-state index in [1.165, 1.54) is 12.8 Å². The second-order valence-electron chi connectivity index (χ2n) is 13.0. The Morgan fingerprint density at radius 2 is 1.98 bits per heavy atom. The lowest BCUT2D eigenvalue weighted by molar-refractivity contribution is -0.139. The molecule has 0 aromatic heterocycles. The third kappa shape index (κ3) is 10.9. The summed E-state index contributed by atoms with van der Waals surface area (Å²) < 4.78 is 52.2. The molecule has 1 fully saturated rings. The van der Waals surface area contributed by atoms with Gasteiger partial charge in [0.05, 0.1) is 23.8 Å². The number of benzene rings is 2. The van der Waals surface area contributed by atoms with Gasteiger partial charge in [-0.2, -0.15) is 0 Å². The number of hydrogen-bond donors (Lipinski definition) is 2. The van der Waals surface area contributed by atoms with Crippen molar-refractivity contribution < 1.29 is 42.3 Å². The largest absolute Gasteiger partial charge is 0.491 e. The molecule has 2 bridgehead atoms. The Morgan fingerprint density at radius 1 is 1.22 bits per heavy atom. The fraction of sp³-hybridized carbons (Fsp3) is 0.556. The lowest BCUT2D eigenvalue weighted by atomic mass is 9.91. The highest BCUT2D eigenvalue weighted by Gasteiger charge is 2.32. The number of amides is 2. The van der Waals surface area contributed by atoms with E-state index >= 15 is 0 Å². The molecule has 50 heavy (non-hydrogen) atoms. The van der Waals surface area contributed by atoms with Crippen LogP contribution in [0.2, 0.25) is 5.02 Å². The molecule has 3 aliphatic rings. The number of aliphatic hydroxyl groups is 1. The number of hydrogen-bond acceptors (Lipinski definition) is 9. The number of nitrogens with one attached hydrogen (secondary N) is 1. The van der Waals surface area contributed by atoms with Gasteiger partial charge < -0.3 is 29.0 Å². The molecule has 276 valence electrons. The molecule has 3 heterocycles. The van der Waals surface area contributed by atoms with Gasteiger partial charge in [0.25, 0.3) is 5.91 Å². The predicted octanol–water partition coefficient (Wildman–Crippen LogP) is 5.90.